The average molecular weight is 258 g/mol. The van der Waals surface area contributed by atoms with Crippen LogP contribution in [0.25, 0.3) is 0 Å². The van der Waals surface area contributed by atoms with E-state index in [0.717, 1.165) is 23.4 Å². The maximum absolute atomic E-state index is 9.85. The minimum atomic E-state index is -0.411. The van der Waals surface area contributed by atoms with Crippen molar-refractivity contribution in [2.45, 2.75) is 26.5 Å². The molecule has 1 unspecified atom stereocenters. The van der Waals surface area contributed by atoms with E-state index in [4.69, 9.17) is 4.74 Å². The minimum Gasteiger partial charge on any atom is -0.493 e. The Bertz CT molecular complexity index is 368. The van der Waals surface area contributed by atoms with Crippen molar-refractivity contribution in [2.24, 2.45) is 5.92 Å². The lowest BCUT2D eigenvalue weighted by atomic mass is 9.98. The minimum absolute atomic E-state index is 0. The van der Waals surface area contributed by atoms with E-state index >= 15 is 0 Å². The number of ether oxygens (including phenoxy) is 1. The highest BCUT2D eigenvalue weighted by Crippen LogP contribution is 2.26. The summed E-state index contributed by atoms with van der Waals surface area (Å²) in [5.41, 5.74) is 2.16. The fourth-order valence-corrected chi connectivity index (χ4v) is 1.85. The highest BCUT2D eigenvalue weighted by molar-refractivity contribution is 5.85. The molecule has 1 aliphatic heterocycles. The monoisotopic (exact) mass is 257 g/mol. The summed E-state index contributed by atoms with van der Waals surface area (Å²) in [5.74, 6) is 1.37. The Morgan fingerprint density at radius 3 is 2.94 bits per heavy atom. The molecule has 0 radical (unpaired) electrons. The van der Waals surface area contributed by atoms with Crippen LogP contribution in [-0.2, 0) is 6.54 Å². The van der Waals surface area contributed by atoms with Gasteiger partial charge in [0.15, 0.2) is 0 Å². The molecule has 0 spiro atoms. The van der Waals surface area contributed by atoms with Gasteiger partial charge in [-0.3, -0.25) is 0 Å². The molecule has 0 aliphatic carbocycles. The van der Waals surface area contributed by atoms with E-state index in [2.05, 4.69) is 19.2 Å². The number of fused-ring (bicyclic) bond motifs is 1. The lowest BCUT2D eigenvalue weighted by Crippen LogP contribution is -2.27. The quantitative estimate of drug-likeness (QED) is 0.873. The molecular formula is C13H20ClNO2. The lowest BCUT2D eigenvalue weighted by molar-refractivity contribution is 0.164. The number of nitrogens with one attached hydrogen (secondary N) is 1. The highest BCUT2D eigenvalue weighted by atomic mass is 35.5. The topological polar surface area (TPSA) is 41.5 Å². The summed E-state index contributed by atoms with van der Waals surface area (Å²) >= 11 is 0. The maximum Gasteiger partial charge on any atom is 0.119 e. The summed E-state index contributed by atoms with van der Waals surface area (Å²) in [7, 11) is 0. The predicted octanol–water partition coefficient (Wildman–Crippen LogP) is 2.28. The summed E-state index contributed by atoms with van der Waals surface area (Å²) < 4.78 is 5.65. The molecule has 1 atom stereocenters. The van der Waals surface area contributed by atoms with Crippen LogP contribution in [0, 0.1) is 5.92 Å². The van der Waals surface area contributed by atoms with Crippen LogP contribution in [0.5, 0.6) is 5.75 Å². The van der Waals surface area contributed by atoms with E-state index in [1.165, 1.54) is 0 Å². The van der Waals surface area contributed by atoms with E-state index in [1.807, 2.05) is 18.2 Å². The molecule has 17 heavy (non-hydrogen) atoms. The van der Waals surface area contributed by atoms with Crippen LogP contribution in [0.2, 0.25) is 0 Å². The molecule has 0 aromatic heterocycles. The molecule has 0 saturated carbocycles. The summed E-state index contributed by atoms with van der Waals surface area (Å²) in [6, 6.07) is 5.96. The second-order valence-electron chi connectivity index (χ2n) is 4.71. The van der Waals surface area contributed by atoms with Gasteiger partial charge in [-0.2, -0.15) is 0 Å². The Labute approximate surface area is 109 Å². The smallest absolute Gasteiger partial charge is 0.119 e. The standard InChI is InChI=1S/C13H19NO2.ClH/c1-9(2)8-16-11-4-3-10-6-14-7-13(15)12(10)5-11;/h3-5,9,13-15H,6-8H2,1-2H3;1H. The Kier molecular flexibility index (Phi) is 5.25. The van der Waals surface area contributed by atoms with Crippen LogP contribution in [-0.4, -0.2) is 18.3 Å². The lowest BCUT2D eigenvalue weighted by Gasteiger charge is -2.23. The number of rotatable bonds is 3. The highest BCUT2D eigenvalue weighted by Gasteiger charge is 2.17. The molecule has 2 N–H and O–H groups in total. The van der Waals surface area contributed by atoms with Gasteiger partial charge < -0.3 is 15.2 Å². The van der Waals surface area contributed by atoms with Crippen LogP contribution in [0.3, 0.4) is 0 Å². The Morgan fingerprint density at radius 1 is 1.47 bits per heavy atom. The molecule has 2 rings (SSSR count). The van der Waals surface area contributed by atoms with Gasteiger partial charge in [0.05, 0.1) is 12.7 Å². The number of halogens is 1. The van der Waals surface area contributed by atoms with Crippen molar-refractivity contribution < 1.29 is 9.84 Å². The normalized spacial score (nSPS) is 18.5. The first-order valence-electron chi connectivity index (χ1n) is 5.81. The second-order valence-corrected chi connectivity index (χ2v) is 4.71. The van der Waals surface area contributed by atoms with Crippen molar-refractivity contribution in [1.82, 2.24) is 5.32 Å². The number of β-amino-alcohol motifs (C(OH)–C–C–N with tert-alkyl or cyclic N) is 1. The summed E-state index contributed by atoms with van der Waals surface area (Å²) in [5, 5.41) is 13.0. The molecular weight excluding hydrogens is 238 g/mol. The van der Waals surface area contributed by atoms with Crippen LogP contribution in [0.1, 0.15) is 31.1 Å². The summed E-state index contributed by atoms with van der Waals surface area (Å²) in [6.07, 6.45) is -0.411. The number of benzene rings is 1. The van der Waals surface area contributed by atoms with Gasteiger partial charge in [0.1, 0.15) is 5.75 Å². The van der Waals surface area contributed by atoms with Crippen LogP contribution < -0.4 is 10.1 Å². The largest absolute Gasteiger partial charge is 0.493 e. The van der Waals surface area contributed by atoms with Gasteiger partial charge in [-0.05, 0) is 29.2 Å². The van der Waals surface area contributed by atoms with Gasteiger partial charge >= 0.3 is 0 Å². The molecule has 1 aliphatic rings. The molecule has 0 amide bonds. The van der Waals surface area contributed by atoms with E-state index in [9.17, 15) is 5.11 Å². The molecule has 0 saturated heterocycles. The van der Waals surface area contributed by atoms with Gasteiger partial charge in [-0.15, -0.1) is 12.4 Å². The van der Waals surface area contributed by atoms with Crippen molar-refractivity contribution in [3.8, 4) is 5.75 Å². The van der Waals surface area contributed by atoms with Gasteiger partial charge in [0, 0.05) is 13.1 Å². The molecule has 1 aromatic rings. The predicted molar refractivity (Wildman–Crippen MR) is 70.7 cm³/mol. The Hall–Kier alpha value is -0.770. The number of aliphatic hydroxyl groups is 1. The molecule has 3 nitrogen and oxygen atoms in total. The van der Waals surface area contributed by atoms with E-state index in [0.29, 0.717) is 19.1 Å². The average Bonchev–Trinajstić information content (AvgIpc) is 2.27. The Morgan fingerprint density at radius 2 is 2.24 bits per heavy atom. The van der Waals surface area contributed by atoms with Gasteiger partial charge in [0.2, 0.25) is 0 Å². The first-order chi connectivity index (χ1) is 7.66. The van der Waals surface area contributed by atoms with Crippen LogP contribution in [0.4, 0.5) is 0 Å². The molecule has 0 bridgehead atoms. The first-order valence-corrected chi connectivity index (χ1v) is 5.81. The van der Waals surface area contributed by atoms with Crippen molar-refractivity contribution in [2.75, 3.05) is 13.2 Å². The van der Waals surface area contributed by atoms with Crippen molar-refractivity contribution in [3.05, 3.63) is 29.3 Å². The summed E-state index contributed by atoms with van der Waals surface area (Å²) in [4.78, 5) is 0. The van der Waals surface area contributed by atoms with Gasteiger partial charge in [0.25, 0.3) is 0 Å². The fraction of sp³-hybridized carbons (Fsp3) is 0.538. The number of hydrogen-bond acceptors (Lipinski definition) is 3. The number of aliphatic hydroxyl groups excluding tert-OH is 1. The van der Waals surface area contributed by atoms with Gasteiger partial charge in [-0.1, -0.05) is 19.9 Å². The molecule has 0 fully saturated rings. The fourth-order valence-electron chi connectivity index (χ4n) is 1.85. The summed E-state index contributed by atoms with van der Waals surface area (Å²) in [6.45, 7) is 6.42. The van der Waals surface area contributed by atoms with Crippen LogP contribution in [0.15, 0.2) is 18.2 Å². The maximum atomic E-state index is 9.85. The molecule has 1 aromatic carbocycles. The van der Waals surface area contributed by atoms with Crippen molar-refractivity contribution in [1.29, 1.82) is 0 Å². The zero-order chi connectivity index (χ0) is 11.5. The van der Waals surface area contributed by atoms with E-state index in [1.54, 1.807) is 0 Å². The third kappa shape index (κ3) is 3.60. The molecule has 1 heterocycles. The van der Waals surface area contributed by atoms with Crippen LogP contribution >= 0.6 is 12.4 Å². The van der Waals surface area contributed by atoms with Crippen molar-refractivity contribution >= 4 is 12.4 Å². The zero-order valence-corrected chi connectivity index (χ0v) is 11.1. The van der Waals surface area contributed by atoms with E-state index < -0.39 is 6.10 Å². The van der Waals surface area contributed by atoms with E-state index in [-0.39, 0.29) is 12.4 Å². The molecule has 96 valence electrons. The molecule has 4 heteroatoms. The zero-order valence-electron chi connectivity index (χ0n) is 10.3. The number of hydrogen-bond donors (Lipinski definition) is 2. The second kappa shape index (κ2) is 6.24. The Balaban J connectivity index is 0.00000144. The third-order valence-corrected chi connectivity index (χ3v) is 2.71. The van der Waals surface area contributed by atoms with Crippen molar-refractivity contribution in [3.63, 3.8) is 0 Å². The third-order valence-electron chi connectivity index (χ3n) is 2.71. The first kappa shape index (κ1) is 14.3. The SMILES string of the molecule is CC(C)COc1ccc2c(c1)C(O)CNC2.Cl. The van der Waals surface area contributed by atoms with Gasteiger partial charge in [-0.25, -0.2) is 0 Å².